The van der Waals surface area contributed by atoms with Crippen LogP contribution in [-0.4, -0.2) is 85.3 Å². The van der Waals surface area contributed by atoms with Crippen molar-refractivity contribution in [1.82, 2.24) is 19.2 Å². The molecular formula is C30H43ClN4O6Si. The fourth-order valence-electron chi connectivity index (χ4n) is 6.33. The molecule has 1 aromatic heterocycles. The van der Waals surface area contributed by atoms with E-state index in [0.717, 1.165) is 24.1 Å². The van der Waals surface area contributed by atoms with E-state index in [1.54, 1.807) is 4.68 Å². The van der Waals surface area contributed by atoms with E-state index in [2.05, 4.69) is 39.0 Å². The second kappa shape index (κ2) is 11.2. The summed E-state index contributed by atoms with van der Waals surface area (Å²) in [6.07, 6.45) is 1.26. The number of amides is 2. The van der Waals surface area contributed by atoms with Gasteiger partial charge in [-0.05, 0) is 35.4 Å². The van der Waals surface area contributed by atoms with Crippen molar-refractivity contribution in [2.24, 2.45) is 13.0 Å². The summed E-state index contributed by atoms with van der Waals surface area (Å²) in [5.74, 6) is 0.548. The summed E-state index contributed by atoms with van der Waals surface area (Å²) in [5, 5.41) is 4.92. The maximum atomic E-state index is 13.7. The fraction of sp³-hybridized carbons (Fsp3) is 0.633. The zero-order valence-electron chi connectivity index (χ0n) is 25.9. The Morgan fingerprint density at radius 3 is 2.48 bits per heavy atom. The molecule has 42 heavy (non-hydrogen) atoms. The minimum Gasteiger partial charge on any atom is -0.470 e. The predicted octanol–water partition coefficient (Wildman–Crippen LogP) is 5.42. The quantitative estimate of drug-likeness (QED) is 0.259. The van der Waals surface area contributed by atoms with Crippen molar-refractivity contribution in [2.45, 2.75) is 76.1 Å². The van der Waals surface area contributed by atoms with Gasteiger partial charge in [-0.3, -0.25) is 9.48 Å². The SMILES string of the molecule is COC(COc1nn(C)c(CC2c3ccccc3C(=O)N2CC2CC3(C2)CN([Si](C)(C)C(C)(C)C)C(=O)O3)c1Cl)OC. The van der Waals surface area contributed by atoms with Crippen molar-refractivity contribution in [3.8, 4) is 5.88 Å². The summed E-state index contributed by atoms with van der Waals surface area (Å²) in [6, 6.07) is 7.56. The minimum absolute atomic E-state index is 0.0145. The lowest BCUT2D eigenvalue weighted by Crippen LogP contribution is -2.58. The molecule has 1 unspecified atom stereocenters. The third-order valence-corrected chi connectivity index (χ3v) is 15.5. The van der Waals surface area contributed by atoms with Gasteiger partial charge in [-0.1, -0.05) is 63.7 Å². The Labute approximate surface area is 254 Å². The number of rotatable bonds is 10. The first kappa shape index (κ1) is 30.8. The smallest absolute Gasteiger partial charge is 0.402 e. The fourth-order valence-corrected chi connectivity index (χ4v) is 8.61. The van der Waals surface area contributed by atoms with Crippen LogP contribution >= 0.6 is 11.6 Å². The second-order valence-corrected chi connectivity index (χ2v) is 18.9. The van der Waals surface area contributed by atoms with E-state index in [9.17, 15) is 9.59 Å². The molecule has 5 rings (SSSR count). The number of benzene rings is 1. The Bertz CT molecular complexity index is 1350. The molecule has 3 heterocycles. The molecule has 1 saturated heterocycles. The first-order valence-corrected chi connectivity index (χ1v) is 17.8. The molecule has 0 N–H and O–H groups in total. The van der Waals surface area contributed by atoms with Gasteiger partial charge in [-0.25, -0.2) is 4.79 Å². The molecule has 0 bridgehead atoms. The number of hydrogen-bond donors (Lipinski definition) is 0. The number of carbonyl (C=O) groups excluding carboxylic acids is 2. The number of aryl methyl sites for hydroxylation is 1. The Hall–Kier alpha value is -2.60. The van der Waals surface area contributed by atoms with Gasteiger partial charge in [0.25, 0.3) is 11.8 Å². The molecule has 1 aromatic carbocycles. The highest BCUT2D eigenvalue weighted by atomic mass is 35.5. The van der Waals surface area contributed by atoms with Crippen molar-refractivity contribution in [3.63, 3.8) is 0 Å². The average Bonchev–Trinajstić information content (AvgIpc) is 3.50. The van der Waals surface area contributed by atoms with E-state index in [-0.39, 0.29) is 35.6 Å². The van der Waals surface area contributed by atoms with Crippen LogP contribution in [0.2, 0.25) is 23.2 Å². The van der Waals surface area contributed by atoms with Crippen LogP contribution in [0.4, 0.5) is 4.79 Å². The number of nitrogens with zero attached hydrogens (tertiary/aromatic N) is 4. The van der Waals surface area contributed by atoms with E-state index in [1.165, 1.54) is 14.2 Å². The van der Waals surface area contributed by atoms with Gasteiger partial charge in [-0.15, -0.1) is 5.10 Å². The number of aromatic nitrogens is 2. The molecule has 2 amide bonds. The van der Waals surface area contributed by atoms with Crippen molar-refractivity contribution < 1.29 is 28.5 Å². The number of carbonyl (C=O) groups is 2. The predicted molar refractivity (Wildman–Crippen MR) is 161 cm³/mol. The highest BCUT2D eigenvalue weighted by molar-refractivity contribution is 6.79. The molecule has 10 nitrogen and oxygen atoms in total. The van der Waals surface area contributed by atoms with Crippen molar-refractivity contribution in [2.75, 3.05) is 33.9 Å². The van der Waals surface area contributed by atoms with Gasteiger partial charge in [0, 0.05) is 39.8 Å². The summed E-state index contributed by atoms with van der Waals surface area (Å²) in [7, 11) is 2.85. The second-order valence-electron chi connectivity index (χ2n) is 13.4. The van der Waals surface area contributed by atoms with E-state index in [1.807, 2.05) is 40.8 Å². The van der Waals surface area contributed by atoms with Crippen LogP contribution in [0, 0.1) is 5.92 Å². The van der Waals surface area contributed by atoms with Crippen LogP contribution in [0.25, 0.3) is 0 Å². The maximum Gasteiger partial charge on any atom is 0.402 e. The van der Waals surface area contributed by atoms with E-state index in [0.29, 0.717) is 36.0 Å². The topological polar surface area (TPSA) is 95.4 Å². The van der Waals surface area contributed by atoms with Gasteiger partial charge in [-0.2, -0.15) is 0 Å². The molecule has 230 valence electrons. The first-order chi connectivity index (χ1) is 19.7. The molecule has 12 heteroatoms. The van der Waals surface area contributed by atoms with Crippen molar-refractivity contribution in [1.29, 1.82) is 0 Å². The highest BCUT2D eigenvalue weighted by Crippen LogP contribution is 2.50. The average molecular weight is 619 g/mol. The number of ether oxygens (including phenoxy) is 4. The lowest BCUT2D eigenvalue weighted by atomic mass is 9.70. The van der Waals surface area contributed by atoms with E-state index in [4.69, 9.17) is 30.5 Å². The number of fused-ring (bicyclic) bond motifs is 1. The molecule has 2 fully saturated rings. The largest absolute Gasteiger partial charge is 0.470 e. The number of hydrogen-bond acceptors (Lipinski definition) is 7. The van der Waals surface area contributed by atoms with E-state index >= 15 is 0 Å². The third-order valence-electron chi connectivity index (χ3n) is 9.79. The number of halogens is 1. The van der Waals surface area contributed by atoms with Crippen LogP contribution in [0.15, 0.2) is 24.3 Å². The lowest BCUT2D eigenvalue weighted by Gasteiger charge is -2.47. The molecule has 0 radical (unpaired) electrons. The monoisotopic (exact) mass is 618 g/mol. The normalized spacial score (nSPS) is 24.0. The first-order valence-electron chi connectivity index (χ1n) is 14.5. The third kappa shape index (κ3) is 5.33. The molecule has 1 atom stereocenters. The summed E-state index contributed by atoms with van der Waals surface area (Å²) in [6.45, 7) is 12.5. The standard InChI is InChI=1S/C30H43ClN4O6Si/c1-29(2,3)42(7,8)35-18-30(41-28(35)37)14-19(15-30)16-34-22(20-11-9-10-12-21(20)27(34)36)13-23-25(31)26(32-33(23)4)40-17-24(38-5)39-6/h9-12,19,22,24H,13-18H2,1-8H3. The van der Waals surface area contributed by atoms with Crippen LogP contribution in [0.5, 0.6) is 5.88 Å². The summed E-state index contributed by atoms with van der Waals surface area (Å²) < 4.78 is 26.0. The molecule has 2 aromatic rings. The highest BCUT2D eigenvalue weighted by Gasteiger charge is 2.59. The summed E-state index contributed by atoms with van der Waals surface area (Å²) in [5.41, 5.74) is 2.01. The Balaban J connectivity index is 1.31. The maximum absolute atomic E-state index is 13.7. The van der Waals surface area contributed by atoms with Crippen LogP contribution in [0.1, 0.15) is 61.3 Å². The van der Waals surface area contributed by atoms with Crippen LogP contribution < -0.4 is 4.74 Å². The van der Waals surface area contributed by atoms with E-state index < -0.39 is 20.1 Å². The molecular weight excluding hydrogens is 576 g/mol. The van der Waals surface area contributed by atoms with Crippen molar-refractivity contribution >= 4 is 31.8 Å². The zero-order chi connectivity index (χ0) is 30.6. The Morgan fingerprint density at radius 1 is 1.17 bits per heavy atom. The molecule has 2 aliphatic heterocycles. The molecule has 3 aliphatic rings. The van der Waals surface area contributed by atoms with Gasteiger partial charge in [0.15, 0.2) is 14.5 Å². The molecule has 1 aliphatic carbocycles. The summed E-state index contributed by atoms with van der Waals surface area (Å²) in [4.78, 5) is 28.6. The lowest BCUT2D eigenvalue weighted by molar-refractivity contribution is -0.122. The zero-order valence-corrected chi connectivity index (χ0v) is 27.7. The van der Waals surface area contributed by atoms with Gasteiger partial charge in [0.05, 0.1) is 18.3 Å². The molecule has 1 spiro atoms. The van der Waals surface area contributed by atoms with Gasteiger partial charge in [0.1, 0.15) is 17.2 Å². The minimum atomic E-state index is -2.05. The Kier molecular flexibility index (Phi) is 8.19. The molecule has 1 saturated carbocycles. The number of methoxy groups -OCH3 is 2. The van der Waals surface area contributed by atoms with Gasteiger partial charge in [0.2, 0.25) is 0 Å². The summed E-state index contributed by atoms with van der Waals surface area (Å²) >= 11 is 6.77. The van der Waals surface area contributed by atoms with Crippen LogP contribution in [0.3, 0.4) is 0 Å². The van der Waals surface area contributed by atoms with Crippen molar-refractivity contribution in [3.05, 3.63) is 46.1 Å². The van der Waals surface area contributed by atoms with Gasteiger partial charge >= 0.3 is 6.09 Å². The van der Waals surface area contributed by atoms with Crippen LogP contribution in [-0.2, 0) is 27.7 Å². The Morgan fingerprint density at radius 2 is 1.83 bits per heavy atom. The van der Waals surface area contributed by atoms with Gasteiger partial charge < -0.3 is 28.4 Å².